The van der Waals surface area contributed by atoms with E-state index >= 15 is 0 Å². The van der Waals surface area contributed by atoms with E-state index in [1.54, 1.807) is 12.4 Å². The van der Waals surface area contributed by atoms with Crippen LogP contribution in [-0.2, 0) is 16.4 Å². The molecule has 0 fully saturated rings. The summed E-state index contributed by atoms with van der Waals surface area (Å²) >= 11 is 0. The van der Waals surface area contributed by atoms with Crippen LogP contribution in [0.1, 0.15) is 5.56 Å². The minimum atomic E-state index is -3.53. The number of rotatable bonds is 5. The number of anilines is 1. The molecule has 3 N–H and O–H groups in total. The molecule has 0 radical (unpaired) electrons. The Hall–Kier alpha value is -1.99. The highest BCUT2D eigenvalue weighted by Gasteiger charge is 2.13. The third-order valence-corrected chi connectivity index (χ3v) is 3.97. The van der Waals surface area contributed by atoms with Gasteiger partial charge in [0.05, 0.1) is 0 Å². The molecule has 0 unspecified atom stereocenters. The third kappa shape index (κ3) is 3.73. The van der Waals surface area contributed by atoms with E-state index in [2.05, 4.69) is 14.7 Å². The van der Waals surface area contributed by atoms with Gasteiger partial charge in [-0.25, -0.2) is 18.1 Å². The summed E-state index contributed by atoms with van der Waals surface area (Å²) in [4.78, 5) is 7.77. The molecule has 2 aromatic rings. The normalized spacial score (nSPS) is 11.4. The maximum atomic E-state index is 11.9. The third-order valence-electron chi connectivity index (χ3n) is 2.52. The summed E-state index contributed by atoms with van der Waals surface area (Å²) in [6.45, 7) is 0.316. The van der Waals surface area contributed by atoms with Crippen LogP contribution >= 0.6 is 0 Å². The fraction of sp³-hybridized carbons (Fsp3) is 0.167. The van der Waals surface area contributed by atoms with Gasteiger partial charge in [0.25, 0.3) is 0 Å². The molecule has 2 rings (SSSR count). The van der Waals surface area contributed by atoms with Gasteiger partial charge in [-0.2, -0.15) is 0 Å². The van der Waals surface area contributed by atoms with Crippen LogP contribution < -0.4 is 10.5 Å². The molecule has 0 aromatic carbocycles. The van der Waals surface area contributed by atoms with Gasteiger partial charge in [-0.05, 0) is 36.2 Å². The van der Waals surface area contributed by atoms with Crippen LogP contribution in [0.4, 0.5) is 5.82 Å². The molecule has 0 spiro atoms. The predicted octanol–water partition coefficient (Wildman–Crippen LogP) is 0.580. The van der Waals surface area contributed by atoms with Crippen LogP contribution in [0.2, 0.25) is 0 Å². The van der Waals surface area contributed by atoms with Crippen molar-refractivity contribution >= 4 is 15.8 Å². The maximum absolute atomic E-state index is 11.9. The smallest absolute Gasteiger partial charge is 0.242 e. The van der Waals surface area contributed by atoms with E-state index in [9.17, 15) is 8.42 Å². The lowest BCUT2D eigenvalue weighted by Gasteiger charge is -2.06. The van der Waals surface area contributed by atoms with Crippen molar-refractivity contribution in [3.63, 3.8) is 0 Å². The van der Waals surface area contributed by atoms with Crippen molar-refractivity contribution in [3.8, 4) is 0 Å². The number of hydrogen-bond donors (Lipinski definition) is 2. The van der Waals surface area contributed by atoms with Gasteiger partial charge in [-0.15, -0.1) is 0 Å². The fourth-order valence-electron chi connectivity index (χ4n) is 1.51. The monoisotopic (exact) mass is 278 g/mol. The van der Waals surface area contributed by atoms with Gasteiger partial charge in [0, 0.05) is 25.1 Å². The molecule has 0 atom stereocenters. The SMILES string of the molecule is Nc1ccc(S(=O)(=O)NCCc2ccncc2)cn1. The van der Waals surface area contributed by atoms with Gasteiger partial charge in [0.15, 0.2) is 0 Å². The van der Waals surface area contributed by atoms with Crippen molar-refractivity contribution in [1.82, 2.24) is 14.7 Å². The lowest BCUT2D eigenvalue weighted by atomic mass is 10.2. The van der Waals surface area contributed by atoms with Gasteiger partial charge in [-0.1, -0.05) is 0 Å². The Bertz CT molecular complexity index is 627. The Morgan fingerprint density at radius 1 is 1.16 bits per heavy atom. The Labute approximate surface area is 111 Å². The molecule has 0 saturated carbocycles. The molecule has 0 aliphatic rings. The van der Waals surface area contributed by atoms with Gasteiger partial charge in [-0.3, -0.25) is 4.98 Å². The lowest BCUT2D eigenvalue weighted by Crippen LogP contribution is -2.26. The lowest BCUT2D eigenvalue weighted by molar-refractivity contribution is 0.581. The number of nitrogens with zero attached hydrogens (tertiary/aromatic N) is 2. The Balaban J connectivity index is 1.97. The average molecular weight is 278 g/mol. The van der Waals surface area contributed by atoms with Gasteiger partial charge in [0.2, 0.25) is 10.0 Å². The quantitative estimate of drug-likeness (QED) is 0.833. The first-order valence-electron chi connectivity index (χ1n) is 5.68. The number of aromatic nitrogens is 2. The highest BCUT2D eigenvalue weighted by molar-refractivity contribution is 7.89. The molecule has 0 saturated heterocycles. The van der Waals surface area contributed by atoms with Crippen molar-refractivity contribution in [2.45, 2.75) is 11.3 Å². The molecule has 6 nitrogen and oxygen atoms in total. The Kier molecular flexibility index (Phi) is 4.08. The summed E-state index contributed by atoms with van der Waals surface area (Å²) < 4.78 is 26.4. The first-order chi connectivity index (χ1) is 9.08. The van der Waals surface area contributed by atoms with Crippen molar-refractivity contribution in [2.24, 2.45) is 0 Å². The standard InChI is InChI=1S/C12H14N4O2S/c13-12-2-1-11(9-15-12)19(17,18)16-8-5-10-3-6-14-7-4-10/h1-4,6-7,9,16H,5,8H2,(H2,13,15). The molecule has 0 bridgehead atoms. The molecule has 100 valence electrons. The van der Waals surface area contributed by atoms with Crippen molar-refractivity contribution < 1.29 is 8.42 Å². The second-order valence-corrected chi connectivity index (χ2v) is 5.69. The fourth-order valence-corrected chi connectivity index (χ4v) is 2.49. The van der Waals surface area contributed by atoms with E-state index in [0.717, 1.165) is 5.56 Å². The zero-order valence-corrected chi connectivity index (χ0v) is 11.0. The predicted molar refractivity (Wildman–Crippen MR) is 71.8 cm³/mol. The van der Waals surface area contributed by atoms with Crippen molar-refractivity contribution in [3.05, 3.63) is 48.4 Å². The van der Waals surface area contributed by atoms with E-state index in [4.69, 9.17) is 5.73 Å². The summed E-state index contributed by atoms with van der Waals surface area (Å²) in [5.74, 6) is 0.288. The molecular weight excluding hydrogens is 264 g/mol. The molecule has 2 heterocycles. The summed E-state index contributed by atoms with van der Waals surface area (Å²) in [6, 6.07) is 6.58. The van der Waals surface area contributed by atoms with E-state index in [1.807, 2.05) is 12.1 Å². The van der Waals surface area contributed by atoms with Crippen LogP contribution in [0.5, 0.6) is 0 Å². The number of nitrogens with two attached hydrogens (primary N) is 1. The zero-order valence-electron chi connectivity index (χ0n) is 10.2. The molecule has 0 aliphatic carbocycles. The summed E-state index contributed by atoms with van der Waals surface area (Å²) in [5, 5.41) is 0. The van der Waals surface area contributed by atoms with Gasteiger partial charge < -0.3 is 5.73 Å². The number of hydrogen-bond acceptors (Lipinski definition) is 5. The number of pyridine rings is 2. The second kappa shape index (κ2) is 5.77. The molecule has 2 aromatic heterocycles. The highest BCUT2D eigenvalue weighted by Crippen LogP contribution is 2.08. The second-order valence-electron chi connectivity index (χ2n) is 3.92. The van der Waals surface area contributed by atoms with E-state index in [1.165, 1.54) is 18.3 Å². The van der Waals surface area contributed by atoms with Crippen molar-refractivity contribution in [1.29, 1.82) is 0 Å². The Morgan fingerprint density at radius 2 is 1.89 bits per heavy atom. The maximum Gasteiger partial charge on any atom is 0.242 e. The van der Waals surface area contributed by atoms with E-state index in [-0.39, 0.29) is 10.7 Å². The molecule has 7 heteroatoms. The summed E-state index contributed by atoms with van der Waals surface area (Å²) in [7, 11) is -3.53. The van der Waals surface area contributed by atoms with E-state index in [0.29, 0.717) is 13.0 Å². The zero-order chi connectivity index (χ0) is 13.7. The number of nitrogens with one attached hydrogen (secondary N) is 1. The average Bonchev–Trinajstić information content (AvgIpc) is 2.40. The molecular formula is C12H14N4O2S. The molecule has 19 heavy (non-hydrogen) atoms. The first-order valence-corrected chi connectivity index (χ1v) is 7.16. The van der Waals surface area contributed by atoms with Crippen LogP contribution in [0.25, 0.3) is 0 Å². The van der Waals surface area contributed by atoms with Crippen LogP contribution in [0.15, 0.2) is 47.8 Å². The largest absolute Gasteiger partial charge is 0.384 e. The summed E-state index contributed by atoms with van der Waals surface area (Å²) in [6.07, 6.45) is 5.19. The van der Waals surface area contributed by atoms with Crippen LogP contribution in [0, 0.1) is 0 Å². The van der Waals surface area contributed by atoms with E-state index < -0.39 is 10.0 Å². The highest BCUT2D eigenvalue weighted by atomic mass is 32.2. The van der Waals surface area contributed by atoms with Gasteiger partial charge >= 0.3 is 0 Å². The molecule has 0 amide bonds. The van der Waals surface area contributed by atoms with Crippen LogP contribution in [0.3, 0.4) is 0 Å². The number of sulfonamides is 1. The summed E-state index contributed by atoms with van der Waals surface area (Å²) in [5.41, 5.74) is 6.44. The number of nitrogen functional groups attached to an aromatic ring is 1. The topological polar surface area (TPSA) is 98.0 Å². The van der Waals surface area contributed by atoms with Crippen LogP contribution in [-0.4, -0.2) is 24.9 Å². The minimum Gasteiger partial charge on any atom is -0.384 e. The minimum absolute atomic E-state index is 0.108. The van der Waals surface area contributed by atoms with Crippen molar-refractivity contribution in [2.75, 3.05) is 12.3 Å². The first kappa shape index (κ1) is 13.4. The Morgan fingerprint density at radius 3 is 2.53 bits per heavy atom. The molecule has 0 aliphatic heterocycles. The van der Waals surface area contributed by atoms with Gasteiger partial charge in [0.1, 0.15) is 10.7 Å².